The quantitative estimate of drug-likeness (QED) is 0.692. The monoisotopic (exact) mass is 217 g/mol. The second-order valence-corrected chi connectivity index (χ2v) is 5.11. The Labute approximate surface area is 95.3 Å². The van der Waals surface area contributed by atoms with Crippen LogP contribution in [0.15, 0.2) is 24.3 Å². The van der Waals surface area contributed by atoms with E-state index in [4.69, 9.17) is 4.74 Å². The lowest BCUT2D eigenvalue weighted by atomic mass is 9.86. The maximum Gasteiger partial charge on any atom is 0.122 e. The zero-order valence-electron chi connectivity index (χ0n) is 9.42. The summed E-state index contributed by atoms with van der Waals surface area (Å²) in [6.07, 6.45) is 3.26. The highest BCUT2D eigenvalue weighted by Crippen LogP contribution is 2.38. The Balaban J connectivity index is 2.35. The normalized spacial score (nSPS) is 29.4. The molecule has 1 aromatic carbocycles. The molecule has 0 amide bonds. The molecule has 79 valence electrons. The van der Waals surface area contributed by atoms with Crippen LogP contribution in [0.3, 0.4) is 0 Å². The van der Waals surface area contributed by atoms with Crippen LogP contribution < -0.4 is 4.74 Å². The molecule has 1 heterocycles. The predicted octanol–water partition coefficient (Wildman–Crippen LogP) is 2.92. The molecule has 0 fully saturated rings. The smallest absolute Gasteiger partial charge is 0.122 e. The average molecular weight is 217 g/mol. The standard InChI is InChI=1S/C13H17OSi/c1-3-11-9-10-7-5-6-8-12(10)14-13(11,15)4-2/h5-8,11H,3-4,9H2,1-2H3. The molecule has 2 atom stereocenters. The van der Waals surface area contributed by atoms with Crippen molar-refractivity contribution in [1.29, 1.82) is 0 Å². The molecular formula is C13H17OSi. The first kappa shape index (κ1) is 10.7. The minimum atomic E-state index is -0.164. The van der Waals surface area contributed by atoms with Crippen molar-refractivity contribution < 1.29 is 4.74 Å². The second-order valence-electron chi connectivity index (χ2n) is 4.26. The third kappa shape index (κ3) is 1.83. The molecule has 1 aromatic rings. The molecule has 0 aliphatic carbocycles. The summed E-state index contributed by atoms with van der Waals surface area (Å²) in [6, 6.07) is 8.35. The Morgan fingerprint density at radius 2 is 2.13 bits per heavy atom. The van der Waals surface area contributed by atoms with E-state index >= 15 is 0 Å². The zero-order valence-corrected chi connectivity index (χ0v) is 10.4. The lowest BCUT2D eigenvalue weighted by Crippen LogP contribution is -2.47. The minimum Gasteiger partial charge on any atom is -0.491 e. The van der Waals surface area contributed by atoms with Gasteiger partial charge in [0.25, 0.3) is 0 Å². The van der Waals surface area contributed by atoms with Gasteiger partial charge in [0.05, 0.1) is 15.5 Å². The van der Waals surface area contributed by atoms with Gasteiger partial charge in [0, 0.05) is 0 Å². The summed E-state index contributed by atoms with van der Waals surface area (Å²) >= 11 is 0. The number of benzene rings is 1. The number of fused-ring (bicyclic) bond motifs is 1. The highest BCUT2D eigenvalue weighted by atomic mass is 28.1. The van der Waals surface area contributed by atoms with E-state index in [1.807, 2.05) is 6.07 Å². The summed E-state index contributed by atoms with van der Waals surface area (Å²) in [5, 5.41) is -0.164. The van der Waals surface area contributed by atoms with Crippen LogP contribution >= 0.6 is 0 Å². The molecule has 15 heavy (non-hydrogen) atoms. The maximum atomic E-state index is 6.09. The molecule has 3 radical (unpaired) electrons. The number of ether oxygens (including phenoxy) is 1. The van der Waals surface area contributed by atoms with E-state index in [2.05, 4.69) is 42.3 Å². The Kier molecular flexibility index (Phi) is 2.87. The summed E-state index contributed by atoms with van der Waals surface area (Å²) in [5.74, 6) is 1.60. The summed E-state index contributed by atoms with van der Waals surface area (Å²) in [7, 11) is 3.83. The fourth-order valence-electron chi connectivity index (χ4n) is 2.32. The first-order valence-electron chi connectivity index (χ1n) is 5.71. The van der Waals surface area contributed by atoms with Gasteiger partial charge in [-0.05, 0) is 36.8 Å². The molecule has 0 saturated carbocycles. The topological polar surface area (TPSA) is 9.23 Å². The number of hydrogen-bond acceptors (Lipinski definition) is 1. The van der Waals surface area contributed by atoms with E-state index < -0.39 is 0 Å². The Hall–Kier alpha value is -0.763. The fourth-order valence-corrected chi connectivity index (χ4v) is 2.73. The number of rotatable bonds is 2. The van der Waals surface area contributed by atoms with Gasteiger partial charge in [-0.2, -0.15) is 0 Å². The lowest BCUT2D eigenvalue weighted by Gasteiger charge is -2.42. The van der Waals surface area contributed by atoms with Gasteiger partial charge in [0.2, 0.25) is 0 Å². The van der Waals surface area contributed by atoms with E-state index in [0.717, 1.165) is 25.0 Å². The van der Waals surface area contributed by atoms with Crippen LogP contribution in [0.1, 0.15) is 32.3 Å². The van der Waals surface area contributed by atoms with Gasteiger partial charge in [-0.1, -0.05) is 32.0 Å². The SMILES string of the molecule is CCC1Cc2ccccc2OC1([Si])CC. The highest BCUT2D eigenvalue weighted by Gasteiger charge is 2.37. The van der Waals surface area contributed by atoms with Crippen molar-refractivity contribution in [3.63, 3.8) is 0 Å². The Bertz CT molecular complexity index is 350. The largest absolute Gasteiger partial charge is 0.491 e. The van der Waals surface area contributed by atoms with Gasteiger partial charge in [0.1, 0.15) is 5.75 Å². The lowest BCUT2D eigenvalue weighted by molar-refractivity contribution is 0.0641. The Morgan fingerprint density at radius 3 is 2.80 bits per heavy atom. The number of hydrogen-bond donors (Lipinski definition) is 0. The van der Waals surface area contributed by atoms with E-state index in [0.29, 0.717) is 5.92 Å². The molecule has 2 rings (SSSR count). The molecular weight excluding hydrogens is 200 g/mol. The van der Waals surface area contributed by atoms with Crippen molar-refractivity contribution in [3.8, 4) is 5.75 Å². The van der Waals surface area contributed by atoms with Crippen molar-refractivity contribution in [2.75, 3.05) is 0 Å². The van der Waals surface area contributed by atoms with Crippen LogP contribution in [-0.4, -0.2) is 15.5 Å². The molecule has 0 aromatic heterocycles. The van der Waals surface area contributed by atoms with Gasteiger partial charge < -0.3 is 4.74 Å². The molecule has 1 aliphatic rings. The van der Waals surface area contributed by atoms with Crippen LogP contribution in [0.25, 0.3) is 0 Å². The van der Waals surface area contributed by atoms with Crippen LogP contribution in [-0.2, 0) is 6.42 Å². The van der Waals surface area contributed by atoms with Gasteiger partial charge in [-0.15, -0.1) is 0 Å². The summed E-state index contributed by atoms with van der Waals surface area (Å²) < 4.78 is 6.09. The van der Waals surface area contributed by atoms with E-state index in [1.54, 1.807) is 0 Å². The summed E-state index contributed by atoms with van der Waals surface area (Å²) in [4.78, 5) is 0. The van der Waals surface area contributed by atoms with Gasteiger partial charge >= 0.3 is 0 Å². The van der Waals surface area contributed by atoms with Crippen molar-refractivity contribution >= 4 is 10.2 Å². The van der Waals surface area contributed by atoms with Crippen LogP contribution in [0.2, 0.25) is 0 Å². The van der Waals surface area contributed by atoms with Gasteiger partial charge in [-0.25, -0.2) is 0 Å². The van der Waals surface area contributed by atoms with Crippen LogP contribution in [0.4, 0.5) is 0 Å². The molecule has 0 N–H and O–H groups in total. The van der Waals surface area contributed by atoms with Crippen LogP contribution in [0.5, 0.6) is 5.75 Å². The highest BCUT2D eigenvalue weighted by molar-refractivity contribution is 6.15. The molecule has 0 bridgehead atoms. The number of para-hydroxylation sites is 1. The second kappa shape index (κ2) is 4.01. The Morgan fingerprint density at radius 1 is 1.40 bits per heavy atom. The van der Waals surface area contributed by atoms with Crippen molar-refractivity contribution in [3.05, 3.63) is 29.8 Å². The van der Waals surface area contributed by atoms with Crippen molar-refractivity contribution in [2.45, 2.75) is 38.3 Å². The zero-order chi connectivity index (χ0) is 10.9. The van der Waals surface area contributed by atoms with Gasteiger partial charge in [-0.3, -0.25) is 0 Å². The molecule has 2 unspecified atom stereocenters. The first-order chi connectivity index (χ1) is 7.19. The summed E-state index contributed by atoms with van der Waals surface area (Å²) in [6.45, 7) is 4.40. The maximum absolute atomic E-state index is 6.09. The van der Waals surface area contributed by atoms with Crippen LogP contribution in [0, 0.1) is 5.92 Å². The van der Waals surface area contributed by atoms with Gasteiger partial charge in [0.15, 0.2) is 0 Å². The predicted molar refractivity (Wildman–Crippen MR) is 63.3 cm³/mol. The molecule has 0 spiro atoms. The van der Waals surface area contributed by atoms with E-state index in [1.165, 1.54) is 5.56 Å². The molecule has 1 nitrogen and oxygen atoms in total. The minimum absolute atomic E-state index is 0.164. The van der Waals surface area contributed by atoms with E-state index in [-0.39, 0.29) is 5.22 Å². The first-order valence-corrected chi connectivity index (χ1v) is 6.21. The van der Waals surface area contributed by atoms with Crippen molar-refractivity contribution in [1.82, 2.24) is 0 Å². The van der Waals surface area contributed by atoms with Crippen molar-refractivity contribution in [2.24, 2.45) is 5.92 Å². The summed E-state index contributed by atoms with van der Waals surface area (Å²) in [5.41, 5.74) is 1.34. The third-order valence-electron chi connectivity index (χ3n) is 3.41. The third-order valence-corrected chi connectivity index (χ3v) is 4.27. The molecule has 1 aliphatic heterocycles. The average Bonchev–Trinajstić information content (AvgIpc) is 2.28. The molecule has 2 heteroatoms. The molecule has 0 saturated heterocycles. The fraction of sp³-hybridized carbons (Fsp3) is 0.538. The van der Waals surface area contributed by atoms with E-state index in [9.17, 15) is 0 Å².